The van der Waals surface area contributed by atoms with Gasteiger partial charge in [0.05, 0.1) is 24.4 Å². The molecule has 184 valence electrons. The minimum Gasteiger partial charge on any atom is -0.493 e. The minimum absolute atomic E-state index is 0.0186. The number of para-hydroxylation sites is 1. The smallest absolute Gasteiger partial charge is 0.255 e. The molecular formula is C25H25Cl2N3O4S. The Morgan fingerprint density at radius 1 is 1.06 bits per heavy atom. The van der Waals surface area contributed by atoms with Crippen LogP contribution < -0.4 is 10.2 Å². The number of nitrogens with zero attached hydrogens (tertiary/aromatic N) is 2. The SMILES string of the molecule is CCOc1ccccc1/C=N\NC(=O)CN(CCc1ccccc1)S(=O)(=O)c1cc(Cl)ccc1Cl. The van der Waals surface area contributed by atoms with E-state index in [1.807, 2.05) is 49.4 Å². The summed E-state index contributed by atoms with van der Waals surface area (Å²) in [5.74, 6) is 0.0144. The summed E-state index contributed by atoms with van der Waals surface area (Å²) in [6, 6.07) is 20.8. The second-order valence-corrected chi connectivity index (χ2v) is 10.2. The van der Waals surface area contributed by atoms with Crippen molar-refractivity contribution in [2.75, 3.05) is 19.7 Å². The highest BCUT2D eigenvalue weighted by atomic mass is 35.5. The normalized spacial score (nSPS) is 11.7. The number of amides is 1. The van der Waals surface area contributed by atoms with Crippen LogP contribution in [-0.4, -0.2) is 44.5 Å². The molecule has 7 nitrogen and oxygen atoms in total. The number of sulfonamides is 1. The lowest BCUT2D eigenvalue weighted by Gasteiger charge is -2.22. The van der Waals surface area contributed by atoms with E-state index >= 15 is 0 Å². The van der Waals surface area contributed by atoms with Gasteiger partial charge in [-0.25, -0.2) is 13.8 Å². The van der Waals surface area contributed by atoms with Crippen molar-refractivity contribution in [3.63, 3.8) is 0 Å². The van der Waals surface area contributed by atoms with Gasteiger partial charge in [0.1, 0.15) is 10.6 Å². The summed E-state index contributed by atoms with van der Waals surface area (Å²) in [7, 11) is -4.13. The Morgan fingerprint density at radius 2 is 1.77 bits per heavy atom. The molecule has 0 saturated heterocycles. The Kier molecular flexibility index (Phi) is 9.68. The predicted octanol–water partition coefficient (Wildman–Crippen LogP) is 4.78. The van der Waals surface area contributed by atoms with Crippen molar-refractivity contribution < 1.29 is 17.9 Å². The molecule has 1 N–H and O–H groups in total. The van der Waals surface area contributed by atoms with E-state index in [0.29, 0.717) is 24.3 Å². The molecule has 3 aromatic rings. The number of hydrogen-bond acceptors (Lipinski definition) is 5. The zero-order valence-electron chi connectivity index (χ0n) is 19.0. The second-order valence-electron chi connectivity index (χ2n) is 7.41. The summed E-state index contributed by atoms with van der Waals surface area (Å²) >= 11 is 12.2. The zero-order valence-corrected chi connectivity index (χ0v) is 21.4. The molecule has 0 bridgehead atoms. The molecule has 0 spiro atoms. The monoisotopic (exact) mass is 533 g/mol. The third-order valence-electron chi connectivity index (χ3n) is 4.94. The molecule has 0 atom stereocenters. The van der Waals surface area contributed by atoms with Gasteiger partial charge in [-0.05, 0) is 49.2 Å². The van der Waals surface area contributed by atoms with Crippen molar-refractivity contribution in [2.24, 2.45) is 5.10 Å². The van der Waals surface area contributed by atoms with Crippen molar-refractivity contribution in [2.45, 2.75) is 18.2 Å². The first-order valence-corrected chi connectivity index (χ1v) is 13.0. The van der Waals surface area contributed by atoms with Crippen LogP contribution in [0.1, 0.15) is 18.1 Å². The second kappa shape index (κ2) is 12.7. The van der Waals surface area contributed by atoms with E-state index < -0.39 is 22.5 Å². The lowest BCUT2D eigenvalue weighted by molar-refractivity contribution is -0.121. The van der Waals surface area contributed by atoms with Gasteiger partial charge in [0.15, 0.2) is 0 Å². The summed E-state index contributed by atoms with van der Waals surface area (Å²) in [5.41, 5.74) is 3.99. The van der Waals surface area contributed by atoms with Crippen molar-refractivity contribution >= 4 is 45.3 Å². The molecule has 0 fully saturated rings. The Balaban J connectivity index is 1.78. The highest BCUT2D eigenvalue weighted by Crippen LogP contribution is 2.28. The van der Waals surface area contributed by atoms with E-state index in [-0.39, 0.29) is 21.5 Å². The van der Waals surface area contributed by atoms with Gasteiger partial charge in [0.2, 0.25) is 10.0 Å². The van der Waals surface area contributed by atoms with Crippen LogP contribution in [0, 0.1) is 0 Å². The van der Waals surface area contributed by atoms with Gasteiger partial charge in [0, 0.05) is 17.1 Å². The standard InChI is InChI=1S/C25H25Cl2N3O4S/c1-2-34-23-11-7-6-10-20(23)17-28-29-25(31)18-30(15-14-19-8-4-3-5-9-19)35(32,33)24-16-21(26)12-13-22(24)27/h3-13,16-17H,2,14-15,18H2,1H3,(H,29,31)/b28-17-. The van der Waals surface area contributed by atoms with E-state index in [4.69, 9.17) is 27.9 Å². The number of nitrogens with one attached hydrogen (secondary N) is 1. The van der Waals surface area contributed by atoms with Crippen molar-refractivity contribution in [1.82, 2.24) is 9.73 Å². The van der Waals surface area contributed by atoms with Crippen LogP contribution in [0.2, 0.25) is 10.0 Å². The van der Waals surface area contributed by atoms with Gasteiger partial charge in [-0.15, -0.1) is 0 Å². The Hall–Kier alpha value is -2.91. The first-order chi connectivity index (χ1) is 16.8. The van der Waals surface area contributed by atoms with Crippen LogP contribution in [0.3, 0.4) is 0 Å². The summed E-state index contributed by atoms with van der Waals surface area (Å²) in [5, 5.41) is 4.21. The number of rotatable bonds is 11. The molecule has 0 radical (unpaired) electrons. The number of hydrogen-bond donors (Lipinski definition) is 1. The predicted molar refractivity (Wildman–Crippen MR) is 139 cm³/mol. The summed E-state index contributed by atoms with van der Waals surface area (Å²) < 4.78 is 33.4. The highest BCUT2D eigenvalue weighted by Gasteiger charge is 2.29. The van der Waals surface area contributed by atoms with Crippen LogP contribution in [0.25, 0.3) is 0 Å². The molecule has 0 unspecified atom stereocenters. The van der Waals surface area contributed by atoms with Gasteiger partial charge >= 0.3 is 0 Å². The fourth-order valence-corrected chi connectivity index (χ4v) is 5.37. The Morgan fingerprint density at radius 3 is 2.51 bits per heavy atom. The lowest BCUT2D eigenvalue weighted by atomic mass is 10.1. The fraction of sp³-hybridized carbons (Fsp3) is 0.200. The fourth-order valence-electron chi connectivity index (χ4n) is 3.24. The molecule has 10 heteroatoms. The van der Waals surface area contributed by atoms with E-state index in [9.17, 15) is 13.2 Å². The van der Waals surface area contributed by atoms with Crippen molar-refractivity contribution in [3.05, 3.63) is 94.0 Å². The Bertz CT molecular complexity index is 1280. The molecule has 0 aliphatic rings. The lowest BCUT2D eigenvalue weighted by Crippen LogP contribution is -2.40. The van der Waals surface area contributed by atoms with Crippen LogP contribution in [0.15, 0.2) is 82.8 Å². The first kappa shape index (κ1) is 26.7. The molecule has 1 amide bonds. The quantitative estimate of drug-likeness (QED) is 0.284. The number of hydrazone groups is 1. The van der Waals surface area contributed by atoms with E-state index in [2.05, 4.69) is 10.5 Å². The molecule has 35 heavy (non-hydrogen) atoms. The zero-order chi connectivity index (χ0) is 25.3. The largest absolute Gasteiger partial charge is 0.493 e. The first-order valence-electron chi connectivity index (χ1n) is 10.8. The number of ether oxygens (including phenoxy) is 1. The summed E-state index contributed by atoms with van der Waals surface area (Å²) in [6.45, 7) is 1.95. The number of carbonyl (C=O) groups is 1. The maximum absolute atomic E-state index is 13.4. The van der Waals surface area contributed by atoms with E-state index in [1.165, 1.54) is 24.4 Å². The average molecular weight is 534 g/mol. The molecule has 0 aliphatic heterocycles. The summed E-state index contributed by atoms with van der Waals surface area (Å²) in [6.07, 6.45) is 1.84. The highest BCUT2D eigenvalue weighted by molar-refractivity contribution is 7.89. The van der Waals surface area contributed by atoms with Gasteiger partial charge in [-0.2, -0.15) is 9.41 Å². The van der Waals surface area contributed by atoms with E-state index in [1.54, 1.807) is 12.1 Å². The van der Waals surface area contributed by atoms with Gasteiger partial charge in [-0.3, -0.25) is 4.79 Å². The molecule has 3 rings (SSSR count). The third kappa shape index (κ3) is 7.53. The van der Waals surface area contributed by atoms with Gasteiger partial charge in [-0.1, -0.05) is 65.7 Å². The van der Waals surface area contributed by atoms with Gasteiger partial charge < -0.3 is 4.74 Å². The topological polar surface area (TPSA) is 88.1 Å². The maximum Gasteiger partial charge on any atom is 0.255 e. The van der Waals surface area contributed by atoms with Crippen molar-refractivity contribution in [3.8, 4) is 5.75 Å². The van der Waals surface area contributed by atoms with Crippen molar-refractivity contribution in [1.29, 1.82) is 0 Å². The van der Waals surface area contributed by atoms with Gasteiger partial charge in [0.25, 0.3) is 5.91 Å². The average Bonchev–Trinajstić information content (AvgIpc) is 2.85. The van der Waals surface area contributed by atoms with Crippen LogP contribution in [-0.2, 0) is 21.2 Å². The number of halogens is 2. The number of carbonyl (C=O) groups excluding carboxylic acids is 1. The van der Waals surface area contributed by atoms with Crippen LogP contribution >= 0.6 is 23.2 Å². The number of benzene rings is 3. The molecule has 3 aromatic carbocycles. The Labute approximate surface area is 215 Å². The van der Waals surface area contributed by atoms with E-state index in [0.717, 1.165) is 9.87 Å². The van der Waals surface area contributed by atoms with Crippen LogP contribution in [0.4, 0.5) is 0 Å². The molecule has 0 saturated carbocycles. The minimum atomic E-state index is -4.13. The molecule has 0 aliphatic carbocycles. The summed E-state index contributed by atoms with van der Waals surface area (Å²) in [4.78, 5) is 12.5. The van der Waals surface area contributed by atoms with Crippen LogP contribution in [0.5, 0.6) is 5.75 Å². The molecule has 0 aromatic heterocycles. The maximum atomic E-state index is 13.4. The third-order valence-corrected chi connectivity index (χ3v) is 7.50. The molecule has 0 heterocycles. The molecular weight excluding hydrogens is 509 g/mol.